The quantitative estimate of drug-likeness (QED) is 0.663. The van der Waals surface area contributed by atoms with Crippen LogP contribution in [0.5, 0.6) is 0 Å². The summed E-state index contributed by atoms with van der Waals surface area (Å²) in [5, 5.41) is 18.9. The molecule has 1 aromatic heterocycles. The summed E-state index contributed by atoms with van der Waals surface area (Å²) in [6.07, 6.45) is 0.170. The Morgan fingerprint density at radius 3 is 2.64 bits per heavy atom. The average molecular weight is 328 g/mol. The van der Waals surface area contributed by atoms with E-state index in [4.69, 9.17) is 9.84 Å². The fraction of sp³-hybridized carbons (Fsp3) is 0.714. The van der Waals surface area contributed by atoms with E-state index >= 15 is 0 Å². The number of ether oxygens (including phenoxy) is 1. The summed E-state index contributed by atoms with van der Waals surface area (Å²) in [6.45, 7) is 6.36. The molecule has 2 heterocycles. The summed E-state index contributed by atoms with van der Waals surface area (Å²) in [5.41, 5.74) is -0.373. The van der Waals surface area contributed by atoms with Gasteiger partial charge in [0.15, 0.2) is 0 Å². The van der Waals surface area contributed by atoms with Crippen LogP contribution in [-0.2, 0) is 11.2 Å². The van der Waals surface area contributed by atoms with Crippen molar-refractivity contribution < 1.29 is 14.9 Å². The number of hydrogen-bond donors (Lipinski definition) is 3. The van der Waals surface area contributed by atoms with Gasteiger partial charge >= 0.3 is 5.69 Å². The van der Waals surface area contributed by atoms with Crippen molar-refractivity contribution in [3.63, 3.8) is 0 Å². The lowest BCUT2D eigenvalue weighted by Gasteiger charge is -2.17. The van der Waals surface area contributed by atoms with Crippen LogP contribution in [0, 0.1) is 0 Å². The molecule has 1 fully saturated rings. The van der Waals surface area contributed by atoms with Gasteiger partial charge in [-0.2, -0.15) is 0 Å². The van der Waals surface area contributed by atoms with Gasteiger partial charge in [-0.3, -0.25) is 14.3 Å². The van der Waals surface area contributed by atoms with Gasteiger partial charge in [-0.15, -0.1) is 0 Å². The van der Waals surface area contributed by atoms with E-state index < -0.39 is 32.2 Å². The second kappa shape index (κ2) is 6.49. The largest absolute Gasteiger partial charge is 0.394 e. The van der Waals surface area contributed by atoms with Crippen LogP contribution >= 0.6 is 0 Å². The van der Waals surface area contributed by atoms with E-state index in [9.17, 15) is 14.7 Å². The highest BCUT2D eigenvalue weighted by atomic mass is 28.3. The van der Waals surface area contributed by atoms with E-state index in [0.29, 0.717) is 12.0 Å². The van der Waals surface area contributed by atoms with Gasteiger partial charge in [0.05, 0.1) is 12.7 Å². The lowest BCUT2D eigenvalue weighted by Crippen LogP contribution is -2.35. The summed E-state index contributed by atoms with van der Waals surface area (Å²) in [7, 11) is -1.30. The minimum Gasteiger partial charge on any atom is -0.394 e. The first-order valence-corrected chi connectivity index (χ1v) is 11.2. The zero-order valence-corrected chi connectivity index (χ0v) is 14.2. The third-order valence-corrected chi connectivity index (χ3v) is 5.63. The van der Waals surface area contributed by atoms with Gasteiger partial charge < -0.3 is 14.9 Å². The smallest absolute Gasteiger partial charge is 0.330 e. The number of aryl methyl sites for hydroxylation is 1. The zero-order valence-electron chi connectivity index (χ0n) is 13.2. The number of aromatic nitrogens is 2. The van der Waals surface area contributed by atoms with Gasteiger partial charge in [-0.1, -0.05) is 25.7 Å². The maximum Gasteiger partial charge on any atom is 0.330 e. The van der Waals surface area contributed by atoms with Crippen LogP contribution in [0.4, 0.5) is 0 Å². The van der Waals surface area contributed by atoms with E-state index in [1.807, 2.05) is 0 Å². The van der Waals surface area contributed by atoms with Crippen LogP contribution in [-0.4, -0.2) is 46.7 Å². The molecule has 124 valence electrons. The molecule has 1 saturated heterocycles. The van der Waals surface area contributed by atoms with E-state index in [2.05, 4.69) is 24.6 Å². The minimum absolute atomic E-state index is 0.213. The number of nitrogens with zero attached hydrogens (tertiary/aromatic N) is 1. The van der Waals surface area contributed by atoms with Crippen molar-refractivity contribution in [1.82, 2.24) is 9.55 Å². The second-order valence-electron chi connectivity index (χ2n) is 7.00. The Labute approximate surface area is 129 Å². The van der Waals surface area contributed by atoms with Gasteiger partial charge in [0.1, 0.15) is 12.3 Å². The molecule has 3 atom stereocenters. The number of nitrogens with one attached hydrogen (secondary N) is 1. The van der Waals surface area contributed by atoms with E-state index in [1.54, 1.807) is 0 Å². The third-order valence-electron chi connectivity index (χ3n) is 3.88. The molecule has 2 rings (SSSR count). The fourth-order valence-electron chi connectivity index (χ4n) is 2.48. The number of rotatable bonds is 5. The molecule has 0 spiro atoms. The Bertz CT molecular complexity index is 633. The first kappa shape index (κ1) is 17.1. The second-order valence-corrected chi connectivity index (χ2v) is 12.6. The molecular formula is C14H24N2O5Si. The molecule has 0 aromatic carbocycles. The summed E-state index contributed by atoms with van der Waals surface area (Å²) < 4.78 is 6.78. The first-order valence-electron chi connectivity index (χ1n) is 7.50. The first-order chi connectivity index (χ1) is 10.2. The highest BCUT2D eigenvalue weighted by Crippen LogP contribution is 2.27. The molecule has 0 unspecified atom stereocenters. The molecule has 0 saturated carbocycles. The average Bonchev–Trinajstić information content (AvgIpc) is 2.77. The Balaban J connectivity index is 2.26. The lowest BCUT2D eigenvalue weighted by atomic mass is 10.2. The van der Waals surface area contributed by atoms with Crippen LogP contribution in [0.25, 0.3) is 0 Å². The van der Waals surface area contributed by atoms with Crippen molar-refractivity contribution in [2.24, 2.45) is 0 Å². The van der Waals surface area contributed by atoms with Crippen molar-refractivity contribution in [2.75, 3.05) is 6.61 Å². The fourth-order valence-corrected chi connectivity index (χ4v) is 3.50. The Morgan fingerprint density at radius 1 is 1.41 bits per heavy atom. The van der Waals surface area contributed by atoms with Crippen LogP contribution in [0.15, 0.2) is 15.8 Å². The highest BCUT2D eigenvalue weighted by Gasteiger charge is 2.35. The van der Waals surface area contributed by atoms with Crippen LogP contribution in [0.2, 0.25) is 25.7 Å². The standard InChI is InChI=1S/C14H24N2O5Si/c1-22(2,3)5-4-9-7-16(14(20)15-13(9)19)12-6-10(18)11(8-17)21-12/h7,10-12,17-18H,4-6,8H2,1-3H3,(H,15,19,20)/t10-,11+,12+/m0/s1. The molecule has 1 aliphatic heterocycles. The van der Waals surface area contributed by atoms with Gasteiger partial charge in [0.25, 0.3) is 5.56 Å². The van der Waals surface area contributed by atoms with E-state index in [-0.39, 0.29) is 18.6 Å². The summed E-state index contributed by atoms with van der Waals surface area (Å²) >= 11 is 0. The topological polar surface area (TPSA) is 105 Å². The molecule has 0 amide bonds. The number of aliphatic hydroxyl groups excluding tert-OH is 2. The van der Waals surface area contributed by atoms with Gasteiger partial charge in [0, 0.05) is 26.3 Å². The summed E-state index contributed by atoms with van der Waals surface area (Å²) in [5.74, 6) is 0. The van der Waals surface area contributed by atoms with Crippen molar-refractivity contribution in [2.45, 2.75) is 57.0 Å². The normalized spacial score (nSPS) is 25.6. The monoisotopic (exact) mass is 328 g/mol. The Hall–Kier alpha value is -1.22. The van der Waals surface area contributed by atoms with E-state index in [1.165, 1.54) is 10.8 Å². The summed E-state index contributed by atoms with van der Waals surface area (Å²) in [6, 6.07) is 0.946. The SMILES string of the molecule is C[Si](C)(C)CCc1cn([C@H]2C[C@H](O)[C@@H](CO)O2)c(=O)[nH]c1=O. The number of H-pyrrole nitrogens is 1. The third kappa shape index (κ3) is 3.95. The maximum absolute atomic E-state index is 12.0. The number of aromatic amines is 1. The predicted octanol–water partition coefficient (Wildman–Crippen LogP) is 0.0580. The number of hydrogen-bond acceptors (Lipinski definition) is 5. The van der Waals surface area contributed by atoms with Gasteiger partial charge in [-0.25, -0.2) is 4.79 Å². The Kier molecular flexibility index (Phi) is 5.06. The molecule has 0 aliphatic carbocycles. The van der Waals surface area contributed by atoms with Crippen molar-refractivity contribution >= 4 is 8.07 Å². The van der Waals surface area contributed by atoms with Crippen LogP contribution in [0.1, 0.15) is 18.2 Å². The van der Waals surface area contributed by atoms with Crippen LogP contribution in [0.3, 0.4) is 0 Å². The molecule has 0 radical (unpaired) electrons. The molecule has 1 aliphatic rings. The number of aliphatic hydroxyl groups is 2. The molecule has 1 aromatic rings. The molecular weight excluding hydrogens is 304 g/mol. The molecule has 0 bridgehead atoms. The van der Waals surface area contributed by atoms with Gasteiger partial charge in [-0.05, 0) is 6.42 Å². The minimum atomic E-state index is -1.30. The maximum atomic E-state index is 12.0. The van der Waals surface area contributed by atoms with Crippen molar-refractivity contribution in [3.8, 4) is 0 Å². The zero-order chi connectivity index (χ0) is 16.5. The van der Waals surface area contributed by atoms with Crippen molar-refractivity contribution in [1.29, 1.82) is 0 Å². The van der Waals surface area contributed by atoms with E-state index in [0.717, 1.165) is 6.04 Å². The Morgan fingerprint density at radius 2 is 2.09 bits per heavy atom. The van der Waals surface area contributed by atoms with Crippen molar-refractivity contribution in [3.05, 3.63) is 32.6 Å². The summed E-state index contributed by atoms with van der Waals surface area (Å²) in [4.78, 5) is 26.2. The molecule has 8 heteroatoms. The molecule has 3 N–H and O–H groups in total. The predicted molar refractivity (Wildman–Crippen MR) is 84.8 cm³/mol. The van der Waals surface area contributed by atoms with Crippen LogP contribution < -0.4 is 11.2 Å². The highest BCUT2D eigenvalue weighted by molar-refractivity contribution is 6.76. The molecule has 7 nitrogen and oxygen atoms in total. The van der Waals surface area contributed by atoms with Gasteiger partial charge in [0.2, 0.25) is 0 Å². The molecule has 22 heavy (non-hydrogen) atoms. The lowest BCUT2D eigenvalue weighted by molar-refractivity contribution is -0.0459.